The second kappa shape index (κ2) is 4.51. The molecule has 0 bridgehead atoms. The molecule has 23 heavy (non-hydrogen) atoms. The highest BCUT2D eigenvalue weighted by Gasteiger charge is 2.69. The van der Waals surface area contributed by atoms with Gasteiger partial charge in [0.1, 0.15) is 0 Å². The SMILES string of the molecule is C[C@]1(O)CC[C@H]2[C@@H]3CC[C@H]4CC(=O)OC[C@]4(C)[C@@]3(O)CC[C@@]21C. The largest absolute Gasteiger partial charge is 0.465 e. The van der Waals surface area contributed by atoms with E-state index in [1.807, 2.05) is 6.92 Å². The molecule has 0 spiro atoms. The second-order valence-corrected chi connectivity index (χ2v) is 9.42. The number of carbonyl (C=O) groups excluding carboxylic acids is 1. The van der Waals surface area contributed by atoms with Gasteiger partial charge in [0.05, 0.1) is 17.8 Å². The van der Waals surface area contributed by atoms with Gasteiger partial charge in [0.2, 0.25) is 0 Å². The maximum Gasteiger partial charge on any atom is 0.306 e. The highest BCUT2D eigenvalue weighted by molar-refractivity contribution is 5.71. The Hall–Kier alpha value is -0.610. The highest BCUT2D eigenvalue weighted by Crippen LogP contribution is 2.68. The molecule has 0 aromatic heterocycles. The fourth-order valence-corrected chi connectivity index (χ4v) is 6.77. The number of rotatable bonds is 0. The number of cyclic esters (lactones) is 1. The molecule has 0 unspecified atom stereocenters. The number of hydrogen-bond acceptors (Lipinski definition) is 4. The second-order valence-electron chi connectivity index (χ2n) is 9.42. The normalized spacial score (nSPS) is 58.8. The molecule has 3 saturated carbocycles. The van der Waals surface area contributed by atoms with Crippen LogP contribution >= 0.6 is 0 Å². The van der Waals surface area contributed by atoms with Gasteiger partial charge in [-0.2, -0.15) is 0 Å². The molecule has 1 saturated heterocycles. The van der Waals surface area contributed by atoms with E-state index in [2.05, 4.69) is 13.8 Å². The Kier molecular flexibility index (Phi) is 3.12. The number of aliphatic hydroxyl groups is 2. The molecule has 4 rings (SSSR count). The van der Waals surface area contributed by atoms with E-state index in [4.69, 9.17) is 4.74 Å². The van der Waals surface area contributed by atoms with E-state index in [-0.39, 0.29) is 28.6 Å². The van der Waals surface area contributed by atoms with Gasteiger partial charge in [0.25, 0.3) is 0 Å². The van der Waals surface area contributed by atoms with Crippen molar-refractivity contribution in [2.24, 2.45) is 28.6 Å². The topological polar surface area (TPSA) is 66.8 Å². The maximum atomic E-state index is 11.8. The average molecular weight is 322 g/mol. The Labute approximate surface area is 138 Å². The van der Waals surface area contributed by atoms with E-state index in [1.165, 1.54) is 0 Å². The summed E-state index contributed by atoms with van der Waals surface area (Å²) in [6.07, 6.45) is 5.81. The van der Waals surface area contributed by atoms with Crippen LogP contribution in [0.5, 0.6) is 0 Å². The Bertz CT molecular complexity index is 543. The first-order chi connectivity index (χ1) is 10.6. The van der Waals surface area contributed by atoms with Crippen molar-refractivity contribution in [1.29, 1.82) is 0 Å². The molecule has 0 amide bonds. The monoisotopic (exact) mass is 322 g/mol. The first-order valence-corrected chi connectivity index (χ1v) is 9.24. The fourth-order valence-electron chi connectivity index (χ4n) is 6.77. The van der Waals surface area contributed by atoms with E-state index in [0.717, 1.165) is 32.1 Å². The smallest absolute Gasteiger partial charge is 0.306 e. The minimum Gasteiger partial charge on any atom is -0.465 e. The van der Waals surface area contributed by atoms with E-state index in [0.29, 0.717) is 25.4 Å². The molecular weight excluding hydrogens is 292 g/mol. The third-order valence-electron chi connectivity index (χ3n) is 8.78. The van der Waals surface area contributed by atoms with Gasteiger partial charge in [-0.25, -0.2) is 0 Å². The Morgan fingerprint density at radius 3 is 2.43 bits per heavy atom. The lowest BCUT2D eigenvalue weighted by Crippen LogP contribution is -2.68. The summed E-state index contributed by atoms with van der Waals surface area (Å²) in [5, 5.41) is 22.7. The molecule has 1 heterocycles. The molecule has 1 aliphatic heterocycles. The summed E-state index contributed by atoms with van der Waals surface area (Å²) in [6, 6.07) is 0. The van der Waals surface area contributed by atoms with Crippen molar-refractivity contribution in [3.63, 3.8) is 0 Å². The lowest BCUT2D eigenvalue weighted by molar-refractivity contribution is -0.258. The van der Waals surface area contributed by atoms with Crippen molar-refractivity contribution in [1.82, 2.24) is 0 Å². The summed E-state index contributed by atoms with van der Waals surface area (Å²) in [5.74, 6) is 0.704. The Morgan fingerprint density at radius 2 is 1.70 bits per heavy atom. The minimum absolute atomic E-state index is 0.0988. The number of hydrogen-bond donors (Lipinski definition) is 2. The van der Waals surface area contributed by atoms with Crippen LogP contribution in [0.1, 0.15) is 65.7 Å². The standard InChI is InChI=1S/C19H30O4/c1-16-8-9-19(22)14(13(16)6-7-18(16,3)21)5-4-12-10-15(20)23-11-17(12,19)2/h12-14,21-22H,4-11H2,1-3H3/t12-,13-,14-,16-,17-,18-,19+/m0/s1. The van der Waals surface area contributed by atoms with Crippen LogP contribution in [0, 0.1) is 28.6 Å². The van der Waals surface area contributed by atoms with Crippen molar-refractivity contribution < 1.29 is 19.7 Å². The lowest BCUT2D eigenvalue weighted by Gasteiger charge is -2.64. The Morgan fingerprint density at radius 1 is 0.957 bits per heavy atom. The zero-order valence-electron chi connectivity index (χ0n) is 14.6. The van der Waals surface area contributed by atoms with Crippen molar-refractivity contribution in [3.8, 4) is 0 Å². The summed E-state index contributed by atoms with van der Waals surface area (Å²) in [4.78, 5) is 11.7. The van der Waals surface area contributed by atoms with E-state index in [1.54, 1.807) is 0 Å². The first kappa shape index (κ1) is 15.9. The van der Waals surface area contributed by atoms with Gasteiger partial charge in [-0.15, -0.1) is 0 Å². The van der Waals surface area contributed by atoms with Crippen LogP contribution in [-0.4, -0.2) is 34.0 Å². The van der Waals surface area contributed by atoms with Crippen molar-refractivity contribution >= 4 is 5.97 Å². The van der Waals surface area contributed by atoms with Gasteiger partial charge in [-0.3, -0.25) is 4.79 Å². The van der Waals surface area contributed by atoms with Crippen LogP contribution < -0.4 is 0 Å². The number of ether oxygens (including phenoxy) is 1. The van der Waals surface area contributed by atoms with Crippen molar-refractivity contribution in [2.75, 3.05) is 6.61 Å². The zero-order chi connectivity index (χ0) is 16.7. The van der Waals surface area contributed by atoms with Crippen molar-refractivity contribution in [3.05, 3.63) is 0 Å². The lowest BCUT2D eigenvalue weighted by atomic mass is 9.44. The molecule has 3 aliphatic carbocycles. The van der Waals surface area contributed by atoms with E-state index < -0.39 is 11.2 Å². The van der Waals surface area contributed by atoms with Gasteiger partial charge in [0.15, 0.2) is 0 Å². The van der Waals surface area contributed by atoms with Gasteiger partial charge in [-0.1, -0.05) is 13.8 Å². The average Bonchev–Trinajstić information content (AvgIpc) is 2.72. The van der Waals surface area contributed by atoms with Gasteiger partial charge in [0, 0.05) is 11.8 Å². The third-order valence-corrected chi connectivity index (χ3v) is 8.78. The van der Waals surface area contributed by atoms with Gasteiger partial charge >= 0.3 is 5.97 Å². The van der Waals surface area contributed by atoms with E-state index in [9.17, 15) is 15.0 Å². The number of esters is 1. The first-order valence-electron chi connectivity index (χ1n) is 9.24. The number of carbonyl (C=O) groups is 1. The third kappa shape index (κ3) is 1.77. The molecular formula is C19H30O4. The van der Waals surface area contributed by atoms with Crippen LogP contribution in [0.25, 0.3) is 0 Å². The molecule has 0 aromatic rings. The molecule has 130 valence electrons. The quantitative estimate of drug-likeness (QED) is 0.673. The summed E-state index contributed by atoms with van der Waals surface area (Å²) in [5.41, 5.74) is -1.82. The summed E-state index contributed by atoms with van der Waals surface area (Å²) in [7, 11) is 0. The van der Waals surface area contributed by atoms with Gasteiger partial charge in [-0.05, 0) is 68.6 Å². The van der Waals surface area contributed by atoms with Crippen LogP contribution in [0.3, 0.4) is 0 Å². The van der Waals surface area contributed by atoms with E-state index >= 15 is 0 Å². The minimum atomic E-state index is -0.763. The van der Waals surface area contributed by atoms with Gasteiger partial charge < -0.3 is 14.9 Å². The van der Waals surface area contributed by atoms with Crippen LogP contribution in [0.2, 0.25) is 0 Å². The molecule has 2 N–H and O–H groups in total. The number of fused-ring (bicyclic) bond motifs is 5. The molecule has 4 fully saturated rings. The highest BCUT2D eigenvalue weighted by atomic mass is 16.5. The summed E-state index contributed by atoms with van der Waals surface area (Å²) < 4.78 is 5.39. The molecule has 0 aromatic carbocycles. The summed E-state index contributed by atoms with van der Waals surface area (Å²) >= 11 is 0. The van der Waals surface area contributed by atoms with Crippen LogP contribution in [-0.2, 0) is 9.53 Å². The maximum absolute atomic E-state index is 11.8. The molecule has 4 aliphatic rings. The van der Waals surface area contributed by atoms with Crippen LogP contribution in [0.15, 0.2) is 0 Å². The van der Waals surface area contributed by atoms with Crippen molar-refractivity contribution in [2.45, 2.75) is 76.9 Å². The molecule has 4 nitrogen and oxygen atoms in total. The summed E-state index contributed by atoms with van der Waals surface area (Å²) in [6.45, 7) is 6.68. The fraction of sp³-hybridized carbons (Fsp3) is 0.947. The molecule has 4 heteroatoms. The zero-order valence-corrected chi connectivity index (χ0v) is 14.6. The predicted molar refractivity (Wildman–Crippen MR) is 85.5 cm³/mol. The Balaban J connectivity index is 1.72. The molecule has 0 radical (unpaired) electrons. The van der Waals surface area contributed by atoms with Crippen LogP contribution in [0.4, 0.5) is 0 Å². The predicted octanol–water partition coefficient (Wildman–Crippen LogP) is 2.66. The molecule has 7 atom stereocenters.